The zero-order valence-electron chi connectivity index (χ0n) is 17.5. The number of sulfonamides is 1. The summed E-state index contributed by atoms with van der Waals surface area (Å²) in [5.41, 5.74) is 1.77. The minimum atomic E-state index is -3.52. The molecule has 158 valence electrons. The molecule has 29 heavy (non-hydrogen) atoms. The molecule has 0 bridgehead atoms. The lowest BCUT2D eigenvalue weighted by atomic mass is 10.1. The highest BCUT2D eigenvalue weighted by atomic mass is 32.2. The lowest BCUT2D eigenvalue weighted by Crippen LogP contribution is -2.41. The molecule has 0 radical (unpaired) electrons. The van der Waals surface area contributed by atoms with E-state index in [1.807, 2.05) is 44.2 Å². The van der Waals surface area contributed by atoms with Gasteiger partial charge < -0.3 is 10.1 Å². The molecule has 6 nitrogen and oxygen atoms in total. The average Bonchev–Trinajstić information content (AvgIpc) is 2.65. The molecule has 2 aromatic rings. The van der Waals surface area contributed by atoms with E-state index in [1.165, 1.54) is 7.05 Å². The maximum atomic E-state index is 12.8. The van der Waals surface area contributed by atoms with Crippen LogP contribution in [0.4, 0.5) is 0 Å². The molecule has 0 spiro atoms. The van der Waals surface area contributed by atoms with Crippen molar-refractivity contribution >= 4 is 15.9 Å². The molecule has 0 aromatic heterocycles. The molecule has 0 saturated carbocycles. The van der Waals surface area contributed by atoms with E-state index in [1.54, 1.807) is 24.3 Å². The maximum absolute atomic E-state index is 12.8. The smallest absolute Gasteiger partial charge is 0.242 e. The quantitative estimate of drug-likeness (QED) is 0.602. The third kappa shape index (κ3) is 7.18. The van der Waals surface area contributed by atoms with Crippen LogP contribution < -0.4 is 10.1 Å². The summed E-state index contributed by atoms with van der Waals surface area (Å²) in [6.07, 6.45) is 2.74. The van der Waals surface area contributed by atoms with Crippen molar-refractivity contribution in [1.29, 1.82) is 0 Å². The van der Waals surface area contributed by atoms with Crippen molar-refractivity contribution in [2.45, 2.75) is 38.8 Å². The second-order valence-electron chi connectivity index (χ2n) is 7.30. The van der Waals surface area contributed by atoms with Gasteiger partial charge in [0.25, 0.3) is 0 Å². The number of amides is 1. The molecular formula is C22H30N2O4S. The number of carbonyl (C=O) groups is 1. The number of likely N-dealkylation sites (N-methyl/N-ethyl adjacent to an activating group) is 1. The third-order valence-corrected chi connectivity index (χ3v) is 5.72. The molecule has 0 aliphatic carbocycles. The lowest BCUT2D eigenvalue weighted by molar-refractivity contribution is -0.124. The Hall–Kier alpha value is -2.38. The number of benzene rings is 2. The van der Waals surface area contributed by atoms with Gasteiger partial charge in [0.1, 0.15) is 11.8 Å². The van der Waals surface area contributed by atoms with Gasteiger partial charge in [-0.05, 0) is 49.9 Å². The van der Waals surface area contributed by atoms with Crippen LogP contribution in [0.25, 0.3) is 0 Å². The predicted octanol–water partition coefficient (Wildman–Crippen LogP) is 3.16. The van der Waals surface area contributed by atoms with Gasteiger partial charge in [0.15, 0.2) is 0 Å². The zero-order chi connectivity index (χ0) is 21.4. The monoisotopic (exact) mass is 418 g/mol. The summed E-state index contributed by atoms with van der Waals surface area (Å²) in [6, 6.07) is 15.9. The second-order valence-corrected chi connectivity index (χ2v) is 9.34. The summed E-state index contributed by atoms with van der Waals surface area (Å²) in [7, 11) is -2.10. The van der Waals surface area contributed by atoms with Gasteiger partial charge >= 0.3 is 0 Å². The number of nitrogens with zero attached hydrogens (tertiary/aromatic N) is 1. The highest BCUT2D eigenvalue weighted by Gasteiger charge is 2.30. The minimum Gasteiger partial charge on any atom is -0.491 e. The molecule has 1 atom stereocenters. The van der Waals surface area contributed by atoms with Gasteiger partial charge in [-0.25, -0.2) is 8.42 Å². The van der Waals surface area contributed by atoms with Crippen molar-refractivity contribution in [3.8, 4) is 5.75 Å². The number of nitrogens with one attached hydrogen (secondary N) is 1. The molecule has 0 aliphatic heterocycles. The Balaban J connectivity index is 1.97. The summed E-state index contributed by atoms with van der Waals surface area (Å²) in [5, 5.41) is 2.88. The van der Waals surface area contributed by atoms with E-state index < -0.39 is 16.1 Å². The highest BCUT2D eigenvalue weighted by molar-refractivity contribution is 7.88. The minimum absolute atomic E-state index is 0.117. The topological polar surface area (TPSA) is 75.7 Å². The Morgan fingerprint density at radius 2 is 1.79 bits per heavy atom. The van der Waals surface area contributed by atoms with E-state index in [-0.39, 0.29) is 12.0 Å². The number of rotatable bonds is 10. The Labute approximate surface area is 173 Å². The second kappa shape index (κ2) is 10.4. The molecule has 0 aliphatic rings. The molecule has 2 rings (SSSR count). The number of hydrogen-bond acceptors (Lipinski definition) is 4. The lowest BCUT2D eigenvalue weighted by Gasteiger charge is -2.25. The summed E-state index contributed by atoms with van der Waals surface area (Å²) in [6.45, 7) is 4.42. The van der Waals surface area contributed by atoms with Gasteiger partial charge in [0.05, 0.1) is 12.4 Å². The van der Waals surface area contributed by atoms with Gasteiger partial charge in [-0.1, -0.05) is 42.5 Å². The Kier molecular flexibility index (Phi) is 8.22. The van der Waals surface area contributed by atoms with Crippen LogP contribution in [0.5, 0.6) is 5.75 Å². The van der Waals surface area contributed by atoms with Gasteiger partial charge in [-0.15, -0.1) is 0 Å². The molecule has 1 N–H and O–H groups in total. The van der Waals surface area contributed by atoms with E-state index in [2.05, 4.69) is 5.32 Å². The van der Waals surface area contributed by atoms with Crippen LogP contribution in [0.15, 0.2) is 54.6 Å². The zero-order valence-corrected chi connectivity index (χ0v) is 18.3. The van der Waals surface area contributed by atoms with E-state index in [0.29, 0.717) is 12.1 Å². The molecule has 0 unspecified atom stereocenters. The van der Waals surface area contributed by atoms with Crippen molar-refractivity contribution in [1.82, 2.24) is 9.62 Å². The number of ether oxygens (including phenoxy) is 1. The van der Waals surface area contributed by atoms with Crippen molar-refractivity contribution in [3.63, 3.8) is 0 Å². The van der Waals surface area contributed by atoms with Crippen LogP contribution in [-0.4, -0.2) is 44.6 Å². The molecule has 0 heterocycles. The summed E-state index contributed by atoms with van der Waals surface area (Å²) in [5.74, 6) is 0.501. The standard InChI is InChI=1S/C22H30N2O4S/c1-17(2)28-20-14-8-10-18(16-20)11-9-15-23-22(25)21(24(3)29(4,26)27)19-12-6-5-7-13-19/h5-8,10,12-14,16-17,21H,9,11,15H2,1-4H3,(H,23,25)/t21-/m1/s1. The fourth-order valence-electron chi connectivity index (χ4n) is 3.00. The Morgan fingerprint density at radius 3 is 2.41 bits per heavy atom. The summed E-state index contributed by atoms with van der Waals surface area (Å²) >= 11 is 0. The van der Waals surface area contributed by atoms with Gasteiger partial charge in [-0.3, -0.25) is 4.79 Å². The normalized spacial score (nSPS) is 12.8. The average molecular weight is 419 g/mol. The molecule has 7 heteroatoms. The van der Waals surface area contributed by atoms with Crippen LogP contribution >= 0.6 is 0 Å². The van der Waals surface area contributed by atoms with Crippen molar-refractivity contribution < 1.29 is 17.9 Å². The van der Waals surface area contributed by atoms with Gasteiger partial charge in [0, 0.05) is 13.6 Å². The molecule has 2 aromatic carbocycles. The van der Waals surface area contributed by atoms with Crippen molar-refractivity contribution in [2.24, 2.45) is 0 Å². The Bertz CT molecular complexity index is 898. The first-order valence-corrected chi connectivity index (χ1v) is 11.5. The first-order valence-electron chi connectivity index (χ1n) is 9.69. The molecule has 0 fully saturated rings. The Morgan fingerprint density at radius 1 is 1.10 bits per heavy atom. The van der Waals surface area contributed by atoms with Crippen LogP contribution in [0, 0.1) is 0 Å². The van der Waals surface area contributed by atoms with Crippen LogP contribution in [0.1, 0.15) is 37.4 Å². The molecule has 1 amide bonds. The first-order chi connectivity index (χ1) is 13.7. The van der Waals surface area contributed by atoms with E-state index >= 15 is 0 Å². The van der Waals surface area contributed by atoms with Crippen LogP contribution in [0.3, 0.4) is 0 Å². The number of carbonyl (C=O) groups excluding carboxylic acids is 1. The van der Waals surface area contributed by atoms with E-state index in [0.717, 1.165) is 34.7 Å². The maximum Gasteiger partial charge on any atom is 0.242 e. The van der Waals surface area contributed by atoms with E-state index in [9.17, 15) is 13.2 Å². The predicted molar refractivity (Wildman–Crippen MR) is 115 cm³/mol. The fraction of sp³-hybridized carbons (Fsp3) is 0.409. The third-order valence-electron chi connectivity index (χ3n) is 4.46. The van der Waals surface area contributed by atoms with Gasteiger partial charge in [-0.2, -0.15) is 4.31 Å². The fourth-order valence-corrected chi connectivity index (χ4v) is 3.60. The molecular weight excluding hydrogens is 388 g/mol. The summed E-state index contributed by atoms with van der Waals surface area (Å²) < 4.78 is 30.8. The summed E-state index contributed by atoms with van der Waals surface area (Å²) in [4.78, 5) is 12.8. The molecule has 0 saturated heterocycles. The largest absolute Gasteiger partial charge is 0.491 e. The van der Waals surface area contributed by atoms with Crippen molar-refractivity contribution in [2.75, 3.05) is 19.8 Å². The first kappa shape index (κ1) is 22.9. The number of hydrogen-bond donors (Lipinski definition) is 1. The van der Waals surface area contributed by atoms with Crippen LogP contribution in [-0.2, 0) is 21.2 Å². The highest BCUT2D eigenvalue weighted by Crippen LogP contribution is 2.22. The van der Waals surface area contributed by atoms with Gasteiger partial charge in [0.2, 0.25) is 15.9 Å². The van der Waals surface area contributed by atoms with Crippen LogP contribution in [0.2, 0.25) is 0 Å². The SMILES string of the molecule is CC(C)Oc1cccc(CCCNC(=O)[C@@H](c2ccccc2)N(C)S(C)(=O)=O)c1. The van der Waals surface area contributed by atoms with Crippen molar-refractivity contribution in [3.05, 3.63) is 65.7 Å². The van der Waals surface area contributed by atoms with E-state index in [4.69, 9.17) is 4.74 Å². The number of aryl methyl sites for hydroxylation is 1.